The fourth-order valence-electron chi connectivity index (χ4n) is 2.47. The molecule has 0 aliphatic rings. The van der Waals surface area contributed by atoms with Gasteiger partial charge in [0.2, 0.25) is 0 Å². The van der Waals surface area contributed by atoms with Crippen LogP contribution in [0.3, 0.4) is 0 Å². The Bertz CT molecular complexity index is 859. The van der Waals surface area contributed by atoms with Gasteiger partial charge in [-0.3, -0.25) is 0 Å². The molecule has 0 spiro atoms. The summed E-state index contributed by atoms with van der Waals surface area (Å²) in [5.41, 5.74) is 1.07. The molecule has 0 aliphatic carbocycles. The van der Waals surface area contributed by atoms with Crippen molar-refractivity contribution >= 4 is 17.4 Å². The zero-order chi connectivity index (χ0) is 18.9. The van der Waals surface area contributed by atoms with Crippen molar-refractivity contribution in [3.05, 3.63) is 77.4 Å². The van der Waals surface area contributed by atoms with E-state index in [4.69, 9.17) is 25.8 Å². The molecule has 0 fully saturated rings. The lowest BCUT2D eigenvalue weighted by atomic mass is 10.2. The predicted octanol–water partition coefficient (Wildman–Crippen LogP) is 4.81. The molecule has 1 aromatic heterocycles. The quantitative estimate of drug-likeness (QED) is 0.536. The smallest absolute Gasteiger partial charge is 0.161 e. The predicted molar refractivity (Wildman–Crippen MR) is 107 cm³/mol. The SMILES string of the molecule is COc1cc(CNc2ccccn2)ccc1OCCOc1ccccc1Cl. The van der Waals surface area contributed by atoms with Gasteiger partial charge in [0.15, 0.2) is 11.5 Å². The molecular weight excluding hydrogens is 364 g/mol. The summed E-state index contributed by atoms with van der Waals surface area (Å²) in [6, 6.07) is 18.9. The summed E-state index contributed by atoms with van der Waals surface area (Å²) in [5.74, 6) is 2.81. The van der Waals surface area contributed by atoms with Crippen LogP contribution in [0.15, 0.2) is 66.9 Å². The van der Waals surface area contributed by atoms with E-state index in [0.717, 1.165) is 11.4 Å². The van der Waals surface area contributed by atoms with E-state index in [9.17, 15) is 0 Å². The molecule has 0 saturated heterocycles. The second kappa shape index (κ2) is 9.69. The summed E-state index contributed by atoms with van der Waals surface area (Å²) in [5, 5.41) is 3.85. The van der Waals surface area contributed by atoms with Gasteiger partial charge in [-0.05, 0) is 42.0 Å². The van der Waals surface area contributed by atoms with Crippen LogP contribution in [-0.2, 0) is 6.54 Å². The minimum atomic E-state index is 0.382. The van der Waals surface area contributed by atoms with Gasteiger partial charge in [0.1, 0.15) is 24.8 Å². The van der Waals surface area contributed by atoms with Gasteiger partial charge in [0.25, 0.3) is 0 Å². The Balaban J connectivity index is 1.52. The first-order chi connectivity index (χ1) is 13.3. The van der Waals surface area contributed by atoms with Crippen LogP contribution in [0.2, 0.25) is 5.02 Å². The van der Waals surface area contributed by atoms with Crippen molar-refractivity contribution in [1.29, 1.82) is 0 Å². The van der Waals surface area contributed by atoms with E-state index in [2.05, 4.69) is 10.3 Å². The molecule has 0 aliphatic heterocycles. The number of ether oxygens (including phenoxy) is 3. The van der Waals surface area contributed by atoms with Gasteiger partial charge in [-0.25, -0.2) is 4.98 Å². The number of halogens is 1. The standard InChI is InChI=1S/C21H21ClN2O3/c1-25-20-14-16(15-24-21-8-4-5-11-23-21)9-10-19(20)27-13-12-26-18-7-3-2-6-17(18)22/h2-11,14H,12-13,15H2,1H3,(H,23,24). The molecule has 1 heterocycles. The van der Waals surface area contributed by atoms with Gasteiger partial charge in [-0.15, -0.1) is 0 Å². The van der Waals surface area contributed by atoms with E-state index in [1.807, 2.05) is 54.6 Å². The molecule has 3 aromatic rings. The summed E-state index contributed by atoms with van der Waals surface area (Å²) in [6.07, 6.45) is 1.75. The van der Waals surface area contributed by atoms with Crippen LogP contribution < -0.4 is 19.5 Å². The van der Waals surface area contributed by atoms with E-state index in [-0.39, 0.29) is 0 Å². The molecule has 0 amide bonds. The maximum Gasteiger partial charge on any atom is 0.161 e. The van der Waals surface area contributed by atoms with Crippen molar-refractivity contribution in [3.63, 3.8) is 0 Å². The zero-order valence-electron chi connectivity index (χ0n) is 15.0. The normalized spacial score (nSPS) is 10.3. The largest absolute Gasteiger partial charge is 0.493 e. The highest BCUT2D eigenvalue weighted by molar-refractivity contribution is 6.32. The Labute approximate surface area is 163 Å². The summed E-state index contributed by atoms with van der Waals surface area (Å²) in [7, 11) is 1.62. The number of para-hydroxylation sites is 1. The highest BCUT2D eigenvalue weighted by Crippen LogP contribution is 2.28. The first-order valence-electron chi connectivity index (χ1n) is 8.58. The lowest BCUT2D eigenvalue weighted by molar-refractivity contribution is 0.211. The van der Waals surface area contributed by atoms with Gasteiger partial charge < -0.3 is 19.5 Å². The lowest BCUT2D eigenvalue weighted by Crippen LogP contribution is -2.10. The second-order valence-electron chi connectivity index (χ2n) is 5.68. The molecule has 6 heteroatoms. The maximum atomic E-state index is 6.06. The monoisotopic (exact) mass is 384 g/mol. The topological polar surface area (TPSA) is 52.6 Å². The number of anilines is 1. The lowest BCUT2D eigenvalue weighted by Gasteiger charge is -2.13. The Morgan fingerprint density at radius 2 is 1.67 bits per heavy atom. The van der Waals surface area contributed by atoms with Crippen LogP contribution in [0.4, 0.5) is 5.82 Å². The third kappa shape index (κ3) is 5.53. The summed E-state index contributed by atoms with van der Waals surface area (Å²) < 4.78 is 16.9. The molecule has 5 nitrogen and oxygen atoms in total. The Morgan fingerprint density at radius 1 is 0.889 bits per heavy atom. The van der Waals surface area contributed by atoms with Gasteiger partial charge in [0.05, 0.1) is 12.1 Å². The molecule has 3 rings (SSSR count). The zero-order valence-corrected chi connectivity index (χ0v) is 15.8. The molecule has 0 radical (unpaired) electrons. The number of hydrogen-bond donors (Lipinski definition) is 1. The van der Waals surface area contributed by atoms with Crippen molar-refractivity contribution in [3.8, 4) is 17.2 Å². The van der Waals surface area contributed by atoms with E-state index in [0.29, 0.717) is 42.0 Å². The minimum Gasteiger partial charge on any atom is -0.493 e. The molecule has 0 bridgehead atoms. The first kappa shape index (κ1) is 18.9. The fraction of sp³-hybridized carbons (Fsp3) is 0.190. The van der Waals surface area contributed by atoms with E-state index in [1.165, 1.54) is 0 Å². The Kier molecular flexibility index (Phi) is 6.77. The Hall–Kier alpha value is -2.92. The molecule has 0 unspecified atom stereocenters. The third-order valence-electron chi connectivity index (χ3n) is 3.80. The number of nitrogens with one attached hydrogen (secondary N) is 1. The molecule has 0 atom stereocenters. The second-order valence-corrected chi connectivity index (χ2v) is 6.09. The average Bonchev–Trinajstić information content (AvgIpc) is 2.72. The van der Waals surface area contributed by atoms with Crippen molar-refractivity contribution in [2.45, 2.75) is 6.54 Å². The number of hydrogen-bond acceptors (Lipinski definition) is 5. The van der Waals surface area contributed by atoms with Crippen molar-refractivity contribution in [2.24, 2.45) is 0 Å². The van der Waals surface area contributed by atoms with Crippen LogP contribution in [0, 0.1) is 0 Å². The van der Waals surface area contributed by atoms with Gasteiger partial charge >= 0.3 is 0 Å². The number of pyridine rings is 1. The first-order valence-corrected chi connectivity index (χ1v) is 8.96. The van der Waals surface area contributed by atoms with E-state index >= 15 is 0 Å². The summed E-state index contributed by atoms with van der Waals surface area (Å²) in [6.45, 7) is 1.41. The van der Waals surface area contributed by atoms with Gasteiger partial charge in [0, 0.05) is 12.7 Å². The molecular formula is C21H21ClN2O3. The number of methoxy groups -OCH3 is 1. The van der Waals surface area contributed by atoms with Crippen molar-refractivity contribution < 1.29 is 14.2 Å². The third-order valence-corrected chi connectivity index (χ3v) is 4.11. The van der Waals surface area contributed by atoms with Crippen LogP contribution in [-0.4, -0.2) is 25.3 Å². The average molecular weight is 385 g/mol. The number of nitrogens with zero attached hydrogens (tertiary/aromatic N) is 1. The highest BCUT2D eigenvalue weighted by Gasteiger charge is 2.07. The van der Waals surface area contributed by atoms with Crippen LogP contribution in [0.5, 0.6) is 17.2 Å². The number of aromatic nitrogens is 1. The number of benzene rings is 2. The molecule has 0 saturated carbocycles. The molecule has 1 N–H and O–H groups in total. The summed E-state index contributed by atoms with van der Waals surface area (Å²) >= 11 is 6.06. The fourth-order valence-corrected chi connectivity index (χ4v) is 2.66. The van der Waals surface area contributed by atoms with Gasteiger partial charge in [-0.2, -0.15) is 0 Å². The molecule has 2 aromatic carbocycles. The summed E-state index contributed by atoms with van der Waals surface area (Å²) in [4.78, 5) is 4.24. The van der Waals surface area contributed by atoms with Crippen LogP contribution >= 0.6 is 11.6 Å². The molecule has 140 valence electrons. The highest BCUT2D eigenvalue weighted by atomic mass is 35.5. The molecule has 27 heavy (non-hydrogen) atoms. The van der Waals surface area contributed by atoms with Gasteiger partial charge in [-0.1, -0.05) is 35.9 Å². The Morgan fingerprint density at radius 3 is 2.41 bits per heavy atom. The van der Waals surface area contributed by atoms with Crippen molar-refractivity contribution in [1.82, 2.24) is 4.98 Å². The van der Waals surface area contributed by atoms with Crippen LogP contribution in [0.25, 0.3) is 0 Å². The van der Waals surface area contributed by atoms with E-state index in [1.54, 1.807) is 19.4 Å². The van der Waals surface area contributed by atoms with Crippen LogP contribution in [0.1, 0.15) is 5.56 Å². The van der Waals surface area contributed by atoms with E-state index < -0.39 is 0 Å². The van der Waals surface area contributed by atoms with Crippen molar-refractivity contribution in [2.75, 3.05) is 25.6 Å². The number of rotatable bonds is 9. The maximum absolute atomic E-state index is 6.06. The minimum absolute atomic E-state index is 0.382.